The Labute approximate surface area is 214 Å². The Balaban J connectivity index is 1.55. The van der Waals surface area contributed by atoms with E-state index in [9.17, 15) is 9.90 Å². The van der Waals surface area contributed by atoms with E-state index in [-0.39, 0.29) is 18.4 Å². The topological polar surface area (TPSA) is 139 Å². The number of aliphatic hydroxyl groups excluding tert-OH is 1. The van der Waals surface area contributed by atoms with Crippen LogP contribution in [0.3, 0.4) is 0 Å². The second kappa shape index (κ2) is 10.5. The van der Waals surface area contributed by atoms with Crippen molar-refractivity contribution in [2.24, 2.45) is 0 Å². The number of nitrogens with zero attached hydrogens (tertiary/aromatic N) is 5. The maximum atomic E-state index is 12.2. The first-order chi connectivity index (χ1) is 17.9. The summed E-state index contributed by atoms with van der Waals surface area (Å²) in [5, 5.41) is 19.7. The van der Waals surface area contributed by atoms with Gasteiger partial charge in [-0.25, -0.2) is 15.0 Å². The Morgan fingerprint density at radius 2 is 2.03 bits per heavy atom. The van der Waals surface area contributed by atoms with Gasteiger partial charge in [-0.3, -0.25) is 14.3 Å². The van der Waals surface area contributed by atoms with Crippen molar-refractivity contribution in [2.45, 2.75) is 51.3 Å². The number of hydrogen-bond acceptors (Lipinski definition) is 9. The predicted molar refractivity (Wildman–Crippen MR) is 140 cm³/mol. The first-order valence-electron chi connectivity index (χ1n) is 12.2. The number of anilines is 2. The van der Waals surface area contributed by atoms with Crippen LogP contribution in [0.5, 0.6) is 0 Å². The fourth-order valence-electron chi connectivity index (χ4n) is 4.34. The zero-order chi connectivity index (χ0) is 25.9. The van der Waals surface area contributed by atoms with Crippen molar-refractivity contribution < 1.29 is 14.6 Å². The van der Waals surface area contributed by atoms with Gasteiger partial charge in [-0.2, -0.15) is 0 Å². The van der Waals surface area contributed by atoms with Crippen LogP contribution in [0.15, 0.2) is 55.1 Å². The molecular weight excluding hydrogens is 472 g/mol. The van der Waals surface area contributed by atoms with Crippen molar-refractivity contribution in [1.82, 2.24) is 29.8 Å². The Morgan fingerprint density at radius 3 is 2.78 bits per heavy atom. The number of rotatable bonds is 8. The highest BCUT2D eigenvalue weighted by molar-refractivity contribution is 5.85. The van der Waals surface area contributed by atoms with E-state index in [0.29, 0.717) is 29.4 Å². The lowest BCUT2D eigenvalue weighted by atomic mass is 10.1. The van der Waals surface area contributed by atoms with E-state index >= 15 is 0 Å². The fourth-order valence-corrected chi connectivity index (χ4v) is 4.34. The first kappa shape index (κ1) is 24.6. The molecular formula is C26H30N8O3. The molecule has 1 fully saturated rings. The van der Waals surface area contributed by atoms with Crippen LogP contribution in [0.25, 0.3) is 22.6 Å². The number of likely N-dealkylation sites (N-methyl/N-ethyl adjacent to an activating group) is 1. The van der Waals surface area contributed by atoms with E-state index in [1.807, 2.05) is 36.4 Å². The van der Waals surface area contributed by atoms with E-state index in [4.69, 9.17) is 14.7 Å². The molecule has 4 aromatic rings. The Bertz CT molecular complexity index is 1390. The summed E-state index contributed by atoms with van der Waals surface area (Å²) in [5.74, 6) is 0.651. The average molecular weight is 503 g/mol. The molecule has 1 aromatic carbocycles. The number of benzene rings is 1. The molecule has 1 aliphatic heterocycles. The van der Waals surface area contributed by atoms with Crippen LogP contribution in [-0.2, 0) is 16.1 Å². The summed E-state index contributed by atoms with van der Waals surface area (Å²) in [7, 11) is 1.51. The van der Waals surface area contributed by atoms with Crippen LogP contribution < -0.4 is 16.0 Å². The molecule has 0 radical (unpaired) electrons. The summed E-state index contributed by atoms with van der Waals surface area (Å²) < 4.78 is 7.65. The molecule has 5 rings (SSSR count). The van der Waals surface area contributed by atoms with Crippen LogP contribution in [0.2, 0.25) is 0 Å². The van der Waals surface area contributed by atoms with Gasteiger partial charge in [0.15, 0.2) is 28.9 Å². The van der Waals surface area contributed by atoms with Crippen molar-refractivity contribution in [1.29, 1.82) is 0 Å². The van der Waals surface area contributed by atoms with Gasteiger partial charge in [0.2, 0.25) is 0 Å². The summed E-state index contributed by atoms with van der Waals surface area (Å²) in [6, 6.07) is 12.2. The van der Waals surface area contributed by atoms with Crippen LogP contribution >= 0.6 is 0 Å². The third kappa shape index (κ3) is 5.23. The fraction of sp³-hybridized carbons (Fsp3) is 0.346. The lowest BCUT2D eigenvalue weighted by Crippen LogP contribution is -2.38. The first-order valence-corrected chi connectivity index (χ1v) is 12.2. The summed E-state index contributed by atoms with van der Waals surface area (Å²) in [5.41, 5.74) is 3.77. The molecule has 4 N–H and O–H groups in total. The second-order valence-electron chi connectivity index (χ2n) is 9.25. The van der Waals surface area contributed by atoms with Gasteiger partial charge in [0.25, 0.3) is 5.91 Å². The molecule has 1 amide bonds. The number of nitrogens with one attached hydrogen (secondary N) is 3. The standard InChI is InChI=1S/C26H30N8O3/c1-15(2)31-18-9-17(12-28-13-18)23-32-24(29-11-16-7-5-4-6-8-16)21-25(33-23)34(14-30-21)20-10-19(35)22(37-20)26(36)27-3/h4-9,12-15,19-20,22,31,35H,10-11H2,1-3H3,(H,27,36)(H,29,32,33)/t19-,20+,22-/m0/s1. The van der Waals surface area contributed by atoms with Gasteiger partial charge in [0.1, 0.15) is 6.23 Å². The average Bonchev–Trinajstić information content (AvgIpc) is 3.50. The lowest BCUT2D eigenvalue weighted by molar-refractivity contribution is -0.137. The summed E-state index contributed by atoms with van der Waals surface area (Å²) in [6.45, 7) is 4.66. The van der Waals surface area contributed by atoms with Crippen molar-refractivity contribution in [2.75, 3.05) is 17.7 Å². The summed E-state index contributed by atoms with van der Waals surface area (Å²) in [4.78, 5) is 30.7. The Hall–Kier alpha value is -4.09. The normalized spacial score (nSPS) is 19.3. The number of amides is 1. The number of ether oxygens (including phenoxy) is 1. The van der Waals surface area contributed by atoms with Crippen LogP contribution in [0.4, 0.5) is 11.5 Å². The third-order valence-electron chi connectivity index (χ3n) is 6.09. The number of aliphatic hydroxyl groups is 1. The second-order valence-corrected chi connectivity index (χ2v) is 9.25. The van der Waals surface area contributed by atoms with Gasteiger partial charge in [-0.1, -0.05) is 30.3 Å². The number of imidazole rings is 1. The quantitative estimate of drug-likeness (QED) is 0.286. The van der Waals surface area contributed by atoms with E-state index in [1.54, 1.807) is 23.3 Å². The SMILES string of the molecule is CNC(=O)[C@H]1O[C@@H](n2cnc3c(NCc4ccccc4)nc(-c4cncc(NC(C)C)c4)nc32)C[C@@H]1O. The molecule has 0 saturated carbocycles. The van der Waals surface area contributed by atoms with Crippen molar-refractivity contribution in [3.8, 4) is 11.4 Å². The van der Waals surface area contributed by atoms with Crippen LogP contribution in [-0.4, -0.2) is 60.8 Å². The minimum absolute atomic E-state index is 0.227. The highest BCUT2D eigenvalue weighted by atomic mass is 16.5. The van der Waals surface area contributed by atoms with Gasteiger partial charge >= 0.3 is 0 Å². The molecule has 4 heterocycles. The molecule has 3 aromatic heterocycles. The van der Waals surface area contributed by atoms with Gasteiger partial charge in [0.05, 0.1) is 18.1 Å². The lowest BCUT2D eigenvalue weighted by Gasteiger charge is -2.15. The highest BCUT2D eigenvalue weighted by Gasteiger charge is 2.40. The van der Waals surface area contributed by atoms with Gasteiger partial charge in [0, 0.05) is 44.0 Å². The molecule has 3 atom stereocenters. The van der Waals surface area contributed by atoms with Gasteiger partial charge in [-0.05, 0) is 25.5 Å². The molecule has 0 bridgehead atoms. The van der Waals surface area contributed by atoms with Gasteiger partial charge in [-0.15, -0.1) is 0 Å². The van der Waals surface area contributed by atoms with E-state index in [0.717, 1.165) is 16.8 Å². The van der Waals surface area contributed by atoms with E-state index in [1.165, 1.54) is 7.05 Å². The van der Waals surface area contributed by atoms with E-state index in [2.05, 4.69) is 39.8 Å². The molecule has 0 unspecified atom stereocenters. The van der Waals surface area contributed by atoms with E-state index < -0.39 is 18.4 Å². The summed E-state index contributed by atoms with van der Waals surface area (Å²) >= 11 is 0. The smallest absolute Gasteiger partial charge is 0.251 e. The zero-order valence-corrected chi connectivity index (χ0v) is 20.9. The number of aromatic nitrogens is 5. The molecule has 1 saturated heterocycles. The molecule has 0 spiro atoms. The maximum Gasteiger partial charge on any atom is 0.251 e. The molecule has 192 valence electrons. The Morgan fingerprint density at radius 1 is 1.22 bits per heavy atom. The largest absolute Gasteiger partial charge is 0.390 e. The van der Waals surface area contributed by atoms with Crippen molar-refractivity contribution >= 4 is 28.6 Å². The number of pyridine rings is 1. The zero-order valence-electron chi connectivity index (χ0n) is 20.9. The predicted octanol–water partition coefficient (Wildman–Crippen LogP) is 2.72. The van der Waals surface area contributed by atoms with Crippen molar-refractivity contribution in [3.05, 3.63) is 60.7 Å². The van der Waals surface area contributed by atoms with Crippen LogP contribution in [0.1, 0.15) is 32.1 Å². The minimum Gasteiger partial charge on any atom is -0.390 e. The number of carbonyl (C=O) groups excluding carboxylic acids is 1. The maximum absolute atomic E-state index is 12.2. The third-order valence-corrected chi connectivity index (χ3v) is 6.09. The number of fused-ring (bicyclic) bond motifs is 1. The highest BCUT2D eigenvalue weighted by Crippen LogP contribution is 2.33. The molecule has 37 heavy (non-hydrogen) atoms. The number of hydrogen-bond donors (Lipinski definition) is 4. The molecule has 0 aliphatic carbocycles. The molecule has 1 aliphatic rings. The monoisotopic (exact) mass is 502 g/mol. The van der Waals surface area contributed by atoms with Crippen LogP contribution in [0, 0.1) is 0 Å². The molecule has 11 nitrogen and oxygen atoms in total. The minimum atomic E-state index is -0.965. The number of carbonyl (C=O) groups is 1. The van der Waals surface area contributed by atoms with Gasteiger partial charge < -0.3 is 25.8 Å². The molecule has 11 heteroatoms. The van der Waals surface area contributed by atoms with Crippen molar-refractivity contribution in [3.63, 3.8) is 0 Å². The summed E-state index contributed by atoms with van der Waals surface area (Å²) in [6.07, 6.45) is 2.79. The Kier molecular flexibility index (Phi) is 6.97.